The number of ketones is 1. The maximum atomic E-state index is 12.1. The van der Waals surface area contributed by atoms with Crippen LogP contribution in [0.1, 0.15) is 40.5 Å². The third kappa shape index (κ3) is 2.83. The van der Waals surface area contributed by atoms with Crippen LogP contribution >= 0.6 is 0 Å². The fraction of sp³-hybridized carbons (Fsp3) is 0.769. The normalized spacial score (nSPS) is 26.8. The van der Waals surface area contributed by atoms with Crippen molar-refractivity contribution in [3.8, 4) is 0 Å². The Hall–Kier alpha value is -0.790. The minimum atomic E-state index is 0.00308. The monoisotopic (exact) mass is 209 g/mol. The van der Waals surface area contributed by atoms with Crippen LogP contribution in [0.4, 0.5) is 0 Å². The van der Waals surface area contributed by atoms with E-state index < -0.39 is 0 Å². The van der Waals surface area contributed by atoms with Gasteiger partial charge in [0.05, 0.1) is 0 Å². The van der Waals surface area contributed by atoms with E-state index in [2.05, 4.69) is 27.7 Å². The van der Waals surface area contributed by atoms with Crippen LogP contribution in [-0.4, -0.2) is 24.8 Å². The highest BCUT2D eigenvalue weighted by atomic mass is 16.1. The smallest absolute Gasteiger partial charge is 0.161 e. The molecule has 0 spiro atoms. The number of carbonyl (C=O) groups excluding carboxylic acids is 1. The third-order valence-electron chi connectivity index (χ3n) is 2.98. The van der Waals surface area contributed by atoms with Gasteiger partial charge in [0.15, 0.2) is 5.78 Å². The summed E-state index contributed by atoms with van der Waals surface area (Å²) in [6.45, 7) is 8.69. The molecule has 0 bridgehead atoms. The first-order chi connectivity index (χ1) is 6.64. The lowest BCUT2D eigenvalue weighted by Gasteiger charge is -2.41. The Kier molecular flexibility index (Phi) is 2.99. The fourth-order valence-corrected chi connectivity index (χ4v) is 2.77. The molecule has 0 aromatic carbocycles. The first kappa shape index (κ1) is 12.3. The van der Waals surface area contributed by atoms with Gasteiger partial charge in [-0.25, -0.2) is 0 Å². The molecular weight excluding hydrogens is 186 g/mol. The van der Waals surface area contributed by atoms with Gasteiger partial charge in [0.25, 0.3) is 0 Å². The molecule has 86 valence electrons. The number of allylic oxidation sites excluding steroid dienone is 1. The van der Waals surface area contributed by atoms with Gasteiger partial charge in [-0.15, -0.1) is 0 Å². The molecule has 0 amide bonds. The maximum absolute atomic E-state index is 12.1. The van der Waals surface area contributed by atoms with E-state index >= 15 is 0 Å². The molecule has 0 aromatic rings. The van der Waals surface area contributed by atoms with Crippen molar-refractivity contribution in [1.29, 1.82) is 0 Å². The van der Waals surface area contributed by atoms with Gasteiger partial charge in [-0.3, -0.25) is 4.79 Å². The highest BCUT2D eigenvalue weighted by Crippen LogP contribution is 2.47. The summed E-state index contributed by atoms with van der Waals surface area (Å²) in [5.41, 5.74) is 1.12. The predicted octanol–water partition coefficient (Wildman–Crippen LogP) is 2.85. The van der Waals surface area contributed by atoms with Crippen molar-refractivity contribution in [2.24, 2.45) is 10.8 Å². The minimum Gasteiger partial charge on any atom is -0.383 e. The molecule has 0 aliphatic heterocycles. The summed E-state index contributed by atoms with van der Waals surface area (Å²) in [6.07, 6.45) is 3.74. The van der Waals surface area contributed by atoms with E-state index in [0.717, 1.165) is 12.0 Å². The second-order valence-corrected chi connectivity index (χ2v) is 6.33. The van der Waals surface area contributed by atoms with Gasteiger partial charge in [-0.1, -0.05) is 27.7 Å². The van der Waals surface area contributed by atoms with Crippen molar-refractivity contribution in [2.45, 2.75) is 40.5 Å². The lowest BCUT2D eigenvalue weighted by Crippen LogP contribution is -2.37. The van der Waals surface area contributed by atoms with Crippen molar-refractivity contribution >= 4 is 5.78 Å². The van der Waals surface area contributed by atoms with E-state index in [1.165, 1.54) is 0 Å². The molecule has 0 N–H and O–H groups in total. The van der Waals surface area contributed by atoms with Crippen molar-refractivity contribution < 1.29 is 4.79 Å². The summed E-state index contributed by atoms with van der Waals surface area (Å²) < 4.78 is 0. The molecule has 0 unspecified atom stereocenters. The maximum Gasteiger partial charge on any atom is 0.161 e. The van der Waals surface area contributed by atoms with Crippen LogP contribution in [0.2, 0.25) is 0 Å². The molecule has 2 heteroatoms. The van der Waals surface area contributed by atoms with Crippen molar-refractivity contribution in [3.63, 3.8) is 0 Å². The van der Waals surface area contributed by atoms with E-state index in [1.807, 2.05) is 25.2 Å². The summed E-state index contributed by atoms with van der Waals surface area (Å²) >= 11 is 0. The highest BCUT2D eigenvalue weighted by Gasteiger charge is 2.41. The number of Topliss-reactive ketones (excluding diaryl/α,β-unsaturated/α-hetero) is 1. The van der Waals surface area contributed by atoms with Crippen molar-refractivity contribution in [1.82, 2.24) is 4.90 Å². The van der Waals surface area contributed by atoms with Crippen LogP contribution in [0.5, 0.6) is 0 Å². The van der Waals surface area contributed by atoms with Crippen LogP contribution in [-0.2, 0) is 4.79 Å². The molecule has 1 fully saturated rings. The molecule has 0 heterocycles. The standard InChI is InChI=1S/C13H23NO/c1-12(2)7-11(15)10(8-14(5)6)13(3,4)9-12/h8H,7,9H2,1-6H3/b10-8+. The van der Waals surface area contributed by atoms with Crippen molar-refractivity contribution in [2.75, 3.05) is 14.1 Å². The molecular formula is C13H23NO. The SMILES string of the molecule is CN(C)/C=C1\C(=O)CC(C)(C)CC1(C)C. The average Bonchev–Trinajstić information content (AvgIpc) is 1.93. The van der Waals surface area contributed by atoms with E-state index in [0.29, 0.717) is 12.2 Å². The van der Waals surface area contributed by atoms with Crippen LogP contribution < -0.4 is 0 Å². The van der Waals surface area contributed by atoms with Crippen LogP contribution in [0.3, 0.4) is 0 Å². The van der Waals surface area contributed by atoms with Gasteiger partial charge >= 0.3 is 0 Å². The van der Waals surface area contributed by atoms with Crippen LogP contribution in [0, 0.1) is 10.8 Å². The third-order valence-corrected chi connectivity index (χ3v) is 2.98. The molecule has 1 aliphatic carbocycles. The van der Waals surface area contributed by atoms with E-state index in [4.69, 9.17) is 0 Å². The van der Waals surface area contributed by atoms with E-state index in [1.54, 1.807) is 0 Å². The Morgan fingerprint density at radius 3 is 2.13 bits per heavy atom. The minimum absolute atomic E-state index is 0.00308. The quantitative estimate of drug-likeness (QED) is 0.619. The van der Waals surface area contributed by atoms with E-state index in [9.17, 15) is 4.79 Å². The first-order valence-electron chi connectivity index (χ1n) is 5.56. The first-order valence-corrected chi connectivity index (χ1v) is 5.56. The van der Waals surface area contributed by atoms with E-state index in [-0.39, 0.29) is 10.8 Å². The molecule has 15 heavy (non-hydrogen) atoms. The highest BCUT2D eigenvalue weighted by molar-refractivity contribution is 5.97. The van der Waals surface area contributed by atoms with Gasteiger partial charge in [0.1, 0.15) is 0 Å². The topological polar surface area (TPSA) is 20.3 Å². The number of nitrogens with zero attached hydrogens (tertiary/aromatic N) is 1. The summed E-state index contributed by atoms with van der Waals surface area (Å²) in [5.74, 6) is 0.310. The molecule has 0 aromatic heterocycles. The molecule has 1 rings (SSSR count). The fourth-order valence-electron chi connectivity index (χ4n) is 2.77. The second-order valence-electron chi connectivity index (χ2n) is 6.33. The zero-order chi connectivity index (χ0) is 11.9. The molecule has 0 radical (unpaired) electrons. The van der Waals surface area contributed by atoms with Gasteiger partial charge in [-0.05, 0) is 17.3 Å². The lowest BCUT2D eigenvalue weighted by atomic mass is 9.62. The van der Waals surface area contributed by atoms with Gasteiger partial charge in [-0.2, -0.15) is 0 Å². The Labute approximate surface area is 93.3 Å². The zero-order valence-corrected chi connectivity index (χ0v) is 10.8. The Morgan fingerprint density at radius 2 is 1.73 bits per heavy atom. The number of rotatable bonds is 1. The largest absolute Gasteiger partial charge is 0.383 e. The lowest BCUT2D eigenvalue weighted by molar-refractivity contribution is -0.121. The average molecular weight is 209 g/mol. The van der Waals surface area contributed by atoms with Crippen LogP contribution in [0.15, 0.2) is 11.8 Å². The van der Waals surface area contributed by atoms with Crippen LogP contribution in [0.25, 0.3) is 0 Å². The number of hydrogen-bond acceptors (Lipinski definition) is 2. The van der Waals surface area contributed by atoms with Gasteiger partial charge in [0, 0.05) is 32.3 Å². The summed E-state index contributed by atoms with van der Waals surface area (Å²) in [4.78, 5) is 14.0. The summed E-state index contributed by atoms with van der Waals surface area (Å²) in [6, 6.07) is 0. The molecule has 0 saturated heterocycles. The summed E-state index contributed by atoms with van der Waals surface area (Å²) in [7, 11) is 3.94. The molecule has 0 atom stereocenters. The zero-order valence-electron chi connectivity index (χ0n) is 10.8. The predicted molar refractivity (Wildman–Crippen MR) is 63.6 cm³/mol. The Morgan fingerprint density at radius 1 is 1.20 bits per heavy atom. The molecule has 1 saturated carbocycles. The molecule has 1 aliphatic rings. The van der Waals surface area contributed by atoms with Gasteiger partial charge < -0.3 is 4.90 Å². The Balaban J connectivity index is 3.05. The Bertz CT molecular complexity index is 298. The number of carbonyl (C=O) groups is 1. The second kappa shape index (κ2) is 3.66. The molecule has 2 nitrogen and oxygen atoms in total. The summed E-state index contributed by atoms with van der Waals surface area (Å²) in [5, 5.41) is 0. The van der Waals surface area contributed by atoms with Gasteiger partial charge in [0.2, 0.25) is 0 Å². The number of hydrogen-bond donors (Lipinski definition) is 0. The van der Waals surface area contributed by atoms with Crippen molar-refractivity contribution in [3.05, 3.63) is 11.8 Å².